The summed E-state index contributed by atoms with van der Waals surface area (Å²) in [6.07, 6.45) is 0. The second-order valence-electron chi connectivity index (χ2n) is 6.47. The number of benzene rings is 3. The second kappa shape index (κ2) is 15.0. The molecule has 34 heavy (non-hydrogen) atoms. The van der Waals surface area contributed by atoms with Crippen molar-refractivity contribution in [1.29, 1.82) is 0 Å². The highest BCUT2D eigenvalue weighted by Gasteiger charge is 2.10. The van der Waals surface area contributed by atoms with Crippen LogP contribution in [0.15, 0.2) is 70.6 Å². The van der Waals surface area contributed by atoms with Crippen molar-refractivity contribution in [2.75, 3.05) is 0 Å². The minimum Gasteiger partial charge on any atom is -0.378 e. The van der Waals surface area contributed by atoms with Gasteiger partial charge in [-0.2, -0.15) is 0 Å². The van der Waals surface area contributed by atoms with Gasteiger partial charge in [-0.15, -0.1) is 34.0 Å². The molecule has 0 unspecified atom stereocenters. The minimum absolute atomic E-state index is 0. The molecule has 0 atom stereocenters. The topological polar surface area (TPSA) is 76.8 Å². The van der Waals surface area contributed by atoms with Crippen molar-refractivity contribution < 1.29 is 8.78 Å². The molecular weight excluding hydrogens is 653 g/mol. The zero-order chi connectivity index (χ0) is 23.1. The van der Waals surface area contributed by atoms with Crippen LogP contribution in [-0.4, -0.2) is 10.3 Å². The van der Waals surface area contributed by atoms with Crippen molar-refractivity contribution in [1.82, 2.24) is 0 Å². The van der Waals surface area contributed by atoms with Crippen molar-refractivity contribution in [2.45, 2.75) is 11.5 Å². The maximum atomic E-state index is 13.0. The average molecular weight is 673 g/mol. The van der Waals surface area contributed by atoms with Crippen molar-refractivity contribution in [3.63, 3.8) is 0 Å². The van der Waals surface area contributed by atoms with Crippen LogP contribution in [0.5, 0.6) is 0 Å². The first kappa shape index (κ1) is 30.7. The molecule has 0 fully saturated rings. The number of hydrogen-bond acceptors (Lipinski definition) is 4. The summed E-state index contributed by atoms with van der Waals surface area (Å²) >= 11 is 15.1. The Hall–Kier alpha value is -1.30. The van der Waals surface area contributed by atoms with Crippen molar-refractivity contribution in [3.05, 3.63) is 93.5 Å². The normalized spacial score (nSPS) is 11.5. The van der Waals surface area contributed by atoms with E-state index in [2.05, 4.69) is 9.98 Å². The molecule has 0 radical (unpaired) electrons. The fourth-order valence-electron chi connectivity index (χ4n) is 2.55. The Morgan fingerprint density at radius 1 is 0.676 bits per heavy atom. The smallest absolute Gasteiger partial charge is 0.159 e. The van der Waals surface area contributed by atoms with Crippen LogP contribution in [0.1, 0.15) is 11.1 Å². The van der Waals surface area contributed by atoms with Gasteiger partial charge in [-0.25, -0.2) is 18.8 Å². The van der Waals surface area contributed by atoms with E-state index in [-0.39, 0.29) is 45.6 Å². The van der Waals surface area contributed by atoms with E-state index in [1.807, 2.05) is 0 Å². The molecule has 0 amide bonds. The Morgan fingerprint density at radius 2 is 1.00 bits per heavy atom. The van der Waals surface area contributed by atoms with Crippen LogP contribution in [0.25, 0.3) is 0 Å². The standard InChI is InChI=1S/C22H18Cl2F2N4S2.2BrH/c23-19-9-13(11-31-21(27)29-17-5-1-15(25)2-6-17)14(10-20(19)24)12-32-22(28)30-18-7-3-16(26)4-8-18;;/h1-10H,11-12H2,(H2,27,29)(H2,28,30);2*1H. The fraction of sp³-hybridized carbons (Fsp3) is 0.0909. The van der Waals surface area contributed by atoms with E-state index in [1.54, 1.807) is 36.4 Å². The number of rotatable bonds is 6. The Balaban J connectivity index is 0.00000289. The van der Waals surface area contributed by atoms with E-state index in [0.29, 0.717) is 43.3 Å². The molecule has 182 valence electrons. The van der Waals surface area contributed by atoms with Gasteiger partial charge in [0.1, 0.15) is 11.6 Å². The summed E-state index contributed by atoms with van der Waals surface area (Å²) in [4.78, 5) is 8.55. The highest BCUT2D eigenvalue weighted by atomic mass is 79.9. The predicted octanol–water partition coefficient (Wildman–Crippen LogP) is 8.19. The third-order valence-electron chi connectivity index (χ3n) is 4.13. The molecule has 0 aliphatic rings. The van der Waals surface area contributed by atoms with Crippen LogP contribution in [0.3, 0.4) is 0 Å². The maximum absolute atomic E-state index is 13.0. The van der Waals surface area contributed by atoms with Crippen LogP contribution >= 0.6 is 80.7 Å². The Bertz CT molecular complexity index is 1060. The third-order valence-corrected chi connectivity index (χ3v) is 6.53. The summed E-state index contributed by atoms with van der Waals surface area (Å²) in [5, 5.41) is 1.52. The monoisotopic (exact) mass is 670 g/mol. The number of halogens is 6. The summed E-state index contributed by atoms with van der Waals surface area (Å²) in [7, 11) is 0. The number of aliphatic imine (C=N–C) groups is 2. The van der Waals surface area contributed by atoms with Gasteiger partial charge in [-0.05, 0) is 71.8 Å². The molecule has 12 heteroatoms. The highest BCUT2D eigenvalue weighted by Crippen LogP contribution is 2.31. The molecule has 0 aromatic heterocycles. The lowest BCUT2D eigenvalue weighted by Crippen LogP contribution is -2.08. The summed E-state index contributed by atoms with van der Waals surface area (Å²) in [6.45, 7) is 0. The van der Waals surface area contributed by atoms with Crippen LogP contribution in [0.4, 0.5) is 20.2 Å². The molecule has 4 nitrogen and oxygen atoms in total. The van der Waals surface area contributed by atoms with E-state index in [1.165, 1.54) is 47.8 Å². The lowest BCUT2D eigenvalue weighted by Gasteiger charge is -2.11. The van der Waals surface area contributed by atoms with E-state index in [0.717, 1.165) is 11.1 Å². The van der Waals surface area contributed by atoms with Crippen molar-refractivity contribution in [3.8, 4) is 0 Å². The molecule has 0 heterocycles. The van der Waals surface area contributed by atoms with Gasteiger partial charge in [0.2, 0.25) is 0 Å². The summed E-state index contributed by atoms with van der Waals surface area (Å²) in [5.41, 5.74) is 15.0. The molecule has 0 saturated heterocycles. The molecule has 4 N–H and O–H groups in total. The lowest BCUT2D eigenvalue weighted by atomic mass is 10.1. The van der Waals surface area contributed by atoms with E-state index < -0.39 is 0 Å². The van der Waals surface area contributed by atoms with E-state index in [4.69, 9.17) is 34.7 Å². The van der Waals surface area contributed by atoms with Crippen LogP contribution in [0.2, 0.25) is 10.0 Å². The van der Waals surface area contributed by atoms with Gasteiger partial charge in [0, 0.05) is 11.5 Å². The molecule has 0 aliphatic heterocycles. The molecule has 0 spiro atoms. The first-order valence-electron chi connectivity index (χ1n) is 9.22. The van der Waals surface area contributed by atoms with Gasteiger partial charge in [0.25, 0.3) is 0 Å². The SMILES string of the molecule is Br.Br.NC(=Nc1ccc(F)cc1)SCc1cc(Cl)c(Cl)cc1CS/C(N)=N/c1ccc(F)cc1. The first-order valence-corrected chi connectivity index (χ1v) is 11.9. The van der Waals surface area contributed by atoms with Crippen molar-refractivity contribution >= 4 is 102 Å². The van der Waals surface area contributed by atoms with Crippen LogP contribution < -0.4 is 11.5 Å². The fourth-order valence-corrected chi connectivity index (χ4v) is 4.41. The number of hydrogen-bond donors (Lipinski definition) is 2. The molecule has 0 saturated carbocycles. The van der Waals surface area contributed by atoms with Crippen LogP contribution in [-0.2, 0) is 11.5 Å². The Kier molecular flexibility index (Phi) is 13.5. The molecule has 3 rings (SSSR count). The third kappa shape index (κ3) is 9.75. The molecular formula is C22H20Br2Cl2F2N4S2. The van der Waals surface area contributed by atoms with Gasteiger partial charge < -0.3 is 11.5 Å². The largest absolute Gasteiger partial charge is 0.378 e. The van der Waals surface area contributed by atoms with Gasteiger partial charge in [-0.3, -0.25) is 0 Å². The first-order chi connectivity index (χ1) is 15.3. The Labute approximate surface area is 236 Å². The van der Waals surface area contributed by atoms with Crippen molar-refractivity contribution in [2.24, 2.45) is 21.5 Å². The van der Waals surface area contributed by atoms with E-state index >= 15 is 0 Å². The number of amidine groups is 2. The number of nitrogens with two attached hydrogens (primary N) is 2. The molecule has 0 bridgehead atoms. The Morgan fingerprint density at radius 3 is 1.32 bits per heavy atom. The minimum atomic E-state index is -0.338. The number of thioether (sulfide) groups is 2. The van der Waals surface area contributed by atoms with Crippen LogP contribution in [0, 0.1) is 11.6 Å². The maximum Gasteiger partial charge on any atom is 0.159 e. The zero-order valence-electron chi connectivity index (χ0n) is 17.4. The molecule has 0 aliphatic carbocycles. The summed E-state index contributed by atoms with van der Waals surface area (Å²) in [6, 6.07) is 15.1. The summed E-state index contributed by atoms with van der Waals surface area (Å²) < 4.78 is 26.1. The average Bonchev–Trinajstić information content (AvgIpc) is 2.76. The van der Waals surface area contributed by atoms with Gasteiger partial charge in [-0.1, -0.05) is 46.7 Å². The molecule has 3 aromatic rings. The lowest BCUT2D eigenvalue weighted by molar-refractivity contribution is 0.627. The predicted molar refractivity (Wildman–Crippen MR) is 155 cm³/mol. The highest BCUT2D eigenvalue weighted by molar-refractivity contribution is 8.93. The molecule has 3 aromatic carbocycles. The zero-order valence-corrected chi connectivity index (χ0v) is 24.0. The quantitative estimate of drug-likeness (QED) is 0.205. The summed E-state index contributed by atoms with van der Waals surface area (Å²) in [5.74, 6) is 0.321. The van der Waals surface area contributed by atoms with E-state index in [9.17, 15) is 8.78 Å². The number of nitrogens with zero attached hydrogens (tertiary/aromatic N) is 2. The van der Waals surface area contributed by atoms with Gasteiger partial charge in [0.05, 0.1) is 21.4 Å². The van der Waals surface area contributed by atoms with Gasteiger partial charge in [0.15, 0.2) is 10.3 Å². The second-order valence-corrected chi connectivity index (χ2v) is 9.27. The van der Waals surface area contributed by atoms with Gasteiger partial charge >= 0.3 is 0 Å².